The van der Waals surface area contributed by atoms with Crippen LogP contribution in [0.15, 0.2) is 53.4 Å². The van der Waals surface area contributed by atoms with E-state index in [1.807, 2.05) is 0 Å². The quantitative estimate of drug-likeness (QED) is 0.828. The molecule has 1 atom stereocenters. The summed E-state index contributed by atoms with van der Waals surface area (Å²) in [7, 11) is 0. The lowest BCUT2D eigenvalue weighted by molar-refractivity contribution is -0.0328. The summed E-state index contributed by atoms with van der Waals surface area (Å²) in [6.45, 7) is 0. The third-order valence-electron chi connectivity index (χ3n) is 2.86. The Balaban J connectivity index is 2.02. The van der Waals surface area contributed by atoms with Crippen molar-refractivity contribution in [1.82, 2.24) is 0 Å². The maximum Gasteiger partial charge on any atom is 0.446 e. The van der Waals surface area contributed by atoms with Gasteiger partial charge in [-0.05, 0) is 47.2 Å². The molecule has 2 rings (SSSR count). The molecule has 0 saturated heterocycles. The molecule has 6 heteroatoms. The molecule has 0 aliphatic rings. The van der Waals surface area contributed by atoms with E-state index in [0.717, 1.165) is 5.56 Å². The molecule has 0 heterocycles. The van der Waals surface area contributed by atoms with Crippen LogP contribution in [0, 0.1) is 0 Å². The van der Waals surface area contributed by atoms with Gasteiger partial charge in [0.1, 0.15) is 5.75 Å². The summed E-state index contributed by atoms with van der Waals surface area (Å²) >= 11 is -0.183. The van der Waals surface area contributed by atoms with Crippen LogP contribution in [0.4, 0.5) is 13.2 Å². The summed E-state index contributed by atoms with van der Waals surface area (Å²) in [5.41, 5.74) is -2.93. The highest BCUT2D eigenvalue weighted by atomic mass is 32.2. The number of halogens is 3. The average Bonchev–Trinajstić information content (AvgIpc) is 2.40. The lowest BCUT2D eigenvalue weighted by atomic mass is 10.0. The van der Waals surface area contributed by atoms with Crippen molar-refractivity contribution in [2.45, 2.75) is 22.9 Å². The molecular weight excluding hydrogens is 301 g/mol. The van der Waals surface area contributed by atoms with Crippen molar-refractivity contribution < 1.29 is 23.4 Å². The van der Waals surface area contributed by atoms with Crippen molar-refractivity contribution in [3.63, 3.8) is 0 Å². The standard InChI is InChI=1S/C15H13F3O2S/c16-15(17,18)21-13-7-3-11(4-8-13)14(20)9-10-1-5-12(19)6-2-10/h1-8,14,19-20H,9H2. The molecule has 2 nitrogen and oxygen atoms in total. The van der Waals surface area contributed by atoms with Crippen molar-refractivity contribution in [1.29, 1.82) is 0 Å². The van der Waals surface area contributed by atoms with Gasteiger partial charge in [0.2, 0.25) is 0 Å². The number of benzene rings is 2. The van der Waals surface area contributed by atoms with Crippen LogP contribution in [0.5, 0.6) is 5.75 Å². The van der Waals surface area contributed by atoms with E-state index in [1.165, 1.54) is 36.4 Å². The van der Waals surface area contributed by atoms with Crippen molar-refractivity contribution in [2.24, 2.45) is 0 Å². The lowest BCUT2D eigenvalue weighted by Crippen LogP contribution is -2.02. The zero-order valence-corrected chi connectivity index (χ0v) is 11.7. The van der Waals surface area contributed by atoms with Gasteiger partial charge in [0.05, 0.1) is 6.10 Å². The second-order valence-electron chi connectivity index (χ2n) is 4.50. The number of phenolic OH excluding ortho intramolecular Hbond substituents is 1. The monoisotopic (exact) mass is 314 g/mol. The highest BCUT2D eigenvalue weighted by molar-refractivity contribution is 8.00. The van der Waals surface area contributed by atoms with Gasteiger partial charge in [0, 0.05) is 11.3 Å². The fourth-order valence-corrected chi connectivity index (χ4v) is 2.40. The minimum Gasteiger partial charge on any atom is -0.508 e. The number of phenols is 1. The van der Waals surface area contributed by atoms with Crippen molar-refractivity contribution in [3.05, 3.63) is 59.7 Å². The maximum absolute atomic E-state index is 12.2. The average molecular weight is 314 g/mol. The smallest absolute Gasteiger partial charge is 0.446 e. The normalized spacial score (nSPS) is 13.1. The van der Waals surface area contributed by atoms with Crippen LogP contribution >= 0.6 is 11.8 Å². The Kier molecular flexibility index (Phi) is 4.80. The van der Waals surface area contributed by atoms with Crippen LogP contribution in [0.1, 0.15) is 17.2 Å². The van der Waals surface area contributed by atoms with Crippen molar-refractivity contribution >= 4 is 11.8 Å². The van der Waals surface area contributed by atoms with E-state index in [4.69, 9.17) is 0 Å². The second kappa shape index (κ2) is 6.41. The molecule has 2 aromatic carbocycles. The van der Waals surface area contributed by atoms with E-state index in [-0.39, 0.29) is 22.4 Å². The molecular formula is C15H13F3O2S. The van der Waals surface area contributed by atoms with Gasteiger partial charge in [-0.2, -0.15) is 13.2 Å². The van der Waals surface area contributed by atoms with Gasteiger partial charge < -0.3 is 10.2 Å². The van der Waals surface area contributed by atoms with Gasteiger partial charge in [-0.25, -0.2) is 0 Å². The number of aliphatic hydroxyl groups is 1. The van der Waals surface area contributed by atoms with E-state index < -0.39 is 11.6 Å². The SMILES string of the molecule is Oc1ccc(CC(O)c2ccc(SC(F)(F)F)cc2)cc1. The molecule has 21 heavy (non-hydrogen) atoms. The number of aliphatic hydroxyl groups excluding tert-OH is 1. The number of aromatic hydroxyl groups is 1. The van der Waals surface area contributed by atoms with Gasteiger partial charge in [0.25, 0.3) is 0 Å². The zero-order chi connectivity index (χ0) is 15.5. The molecule has 1 unspecified atom stereocenters. The molecule has 0 radical (unpaired) electrons. The van der Waals surface area contributed by atoms with Crippen LogP contribution < -0.4 is 0 Å². The first kappa shape index (κ1) is 15.7. The first-order chi connectivity index (χ1) is 9.83. The van der Waals surface area contributed by atoms with Crippen LogP contribution in [0.2, 0.25) is 0 Å². The van der Waals surface area contributed by atoms with Crippen LogP contribution in [0.25, 0.3) is 0 Å². The number of thioether (sulfide) groups is 1. The fraction of sp³-hybridized carbons (Fsp3) is 0.200. The molecule has 0 spiro atoms. The van der Waals surface area contributed by atoms with E-state index in [1.54, 1.807) is 12.1 Å². The van der Waals surface area contributed by atoms with Crippen molar-refractivity contribution in [3.8, 4) is 5.75 Å². The van der Waals surface area contributed by atoms with Gasteiger partial charge in [-0.15, -0.1) is 0 Å². The Labute approximate surface area is 124 Å². The number of hydrogen-bond donors (Lipinski definition) is 2. The van der Waals surface area contributed by atoms with Gasteiger partial charge in [-0.1, -0.05) is 24.3 Å². The number of hydrogen-bond acceptors (Lipinski definition) is 3. The largest absolute Gasteiger partial charge is 0.508 e. The highest BCUT2D eigenvalue weighted by Gasteiger charge is 2.29. The molecule has 112 valence electrons. The predicted octanol–water partition coefficient (Wildman–Crippen LogP) is 4.28. The molecule has 0 bridgehead atoms. The van der Waals surface area contributed by atoms with Gasteiger partial charge in [0.15, 0.2) is 0 Å². The van der Waals surface area contributed by atoms with Crippen LogP contribution in [-0.2, 0) is 6.42 Å². The highest BCUT2D eigenvalue weighted by Crippen LogP contribution is 2.37. The zero-order valence-electron chi connectivity index (χ0n) is 10.8. The Hall–Kier alpha value is -1.66. The molecule has 0 aromatic heterocycles. The maximum atomic E-state index is 12.2. The summed E-state index contributed by atoms with van der Waals surface area (Å²) in [5, 5.41) is 19.2. The molecule has 0 amide bonds. The first-order valence-corrected chi connectivity index (χ1v) is 6.97. The summed E-state index contributed by atoms with van der Waals surface area (Å²) < 4.78 is 36.6. The second-order valence-corrected chi connectivity index (χ2v) is 5.64. The van der Waals surface area contributed by atoms with Crippen molar-refractivity contribution in [2.75, 3.05) is 0 Å². The molecule has 0 aliphatic heterocycles. The van der Waals surface area contributed by atoms with E-state index >= 15 is 0 Å². The predicted molar refractivity (Wildman–Crippen MR) is 75.1 cm³/mol. The third-order valence-corrected chi connectivity index (χ3v) is 3.60. The number of rotatable bonds is 4. The lowest BCUT2D eigenvalue weighted by Gasteiger charge is -2.12. The van der Waals surface area contributed by atoms with Crippen LogP contribution in [-0.4, -0.2) is 15.7 Å². The first-order valence-electron chi connectivity index (χ1n) is 6.15. The van der Waals surface area contributed by atoms with E-state index in [9.17, 15) is 23.4 Å². The molecule has 0 fully saturated rings. The fourth-order valence-electron chi connectivity index (χ4n) is 1.86. The molecule has 0 saturated carbocycles. The summed E-state index contributed by atoms with van der Waals surface area (Å²) in [6.07, 6.45) is -0.481. The van der Waals surface area contributed by atoms with E-state index in [0.29, 0.717) is 12.0 Å². The third kappa shape index (κ3) is 4.99. The Bertz CT molecular complexity index is 579. The minimum atomic E-state index is -4.31. The topological polar surface area (TPSA) is 40.5 Å². The van der Waals surface area contributed by atoms with Gasteiger partial charge >= 0.3 is 5.51 Å². The molecule has 2 aromatic rings. The summed E-state index contributed by atoms with van der Waals surface area (Å²) in [4.78, 5) is 0.0862. The Morgan fingerprint density at radius 3 is 2.05 bits per heavy atom. The Morgan fingerprint density at radius 1 is 0.952 bits per heavy atom. The minimum absolute atomic E-state index is 0.0862. The van der Waals surface area contributed by atoms with E-state index in [2.05, 4.69) is 0 Å². The summed E-state index contributed by atoms with van der Waals surface area (Å²) in [5.74, 6) is 0.141. The number of alkyl halides is 3. The molecule has 0 aliphatic carbocycles. The molecule has 2 N–H and O–H groups in total. The van der Waals surface area contributed by atoms with Crippen LogP contribution in [0.3, 0.4) is 0 Å². The Morgan fingerprint density at radius 2 is 1.52 bits per heavy atom. The summed E-state index contributed by atoms with van der Waals surface area (Å²) in [6, 6.07) is 12.1. The van der Waals surface area contributed by atoms with Gasteiger partial charge in [-0.3, -0.25) is 0 Å².